The van der Waals surface area contributed by atoms with Gasteiger partial charge < -0.3 is 20.6 Å². The van der Waals surface area contributed by atoms with Gasteiger partial charge in [-0.3, -0.25) is 9.36 Å². The van der Waals surface area contributed by atoms with Crippen LogP contribution in [-0.2, 0) is 9.36 Å². The van der Waals surface area contributed by atoms with Crippen molar-refractivity contribution in [1.29, 1.82) is 0 Å². The molecule has 0 bridgehead atoms. The van der Waals surface area contributed by atoms with Gasteiger partial charge in [-0.05, 0) is 6.92 Å². The van der Waals surface area contributed by atoms with Gasteiger partial charge in [0, 0.05) is 0 Å². The fraction of sp³-hybridized carbons (Fsp3) is 0.500. The van der Waals surface area contributed by atoms with Crippen molar-refractivity contribution in [1.82, 2.24) is 0 Å². The van der Waals surface area contributed by atoms with Gasteiger partial charge in [0.25, 0.3) is 0 Å². The van der Waals surface area contributed by atoms with Gasteiger partial charge in [-0.15, -0.1) is 0 Å². The number of carbonyl (C=O) groups is 1. The molecular weight excluding hydrogens is 197 g/mol. The molecule has 13 heavy (non-hydrogen) atoms. The number of carboxylic acid groups (broad SMARTS) is 1. The lowest BCUT2D eigenvalue weighted by Crippen LogP contribution is -2.28. The summed E-state index contributed by atoms with van der Waals surface area (Å²) in [6.07, 6.45) is 0.648. The third-order valence-corrected chi connectivity index (χ3v) is 2.12. The fourth-order valence-electron chi connectivity index (χ4n) is 0.755. The maximum absolute atomic E-state index is 10.5. The highest BCUT2D eigenvalue weighted by molar-refractivity contribution is 7.52. The molecule has 0 amide bonds. The van der Waals surface area contributed by atoms with Crippen molar-refractivity contribution in [3.63, 3.8) is 0 Å². The first-order valence-corrected chi connectivity index (χ1v) is 5.22. The second kappa shape index (κ2) is 4.53. The van der Waals surface area contributed by atoms with E-state index in [0.29, 0.717) is 0 Å². The first-order chi connectivity index (χ1) is 5.72. The molecule has 1 atom stereocenters. The number of hydrogen-bond acceptors (Lipinski definition) is 3. The Labute approximate surface area is 75.2 Å². The van der Waals surface area contributed by atoms with Crippen molar-refractivity contribution in [2.24, 2.45) is 5.73 Å². The van der Waals surface area contributed by atoms with E-state index in [4.69, 9.17) is 20.6 Å². The van der Waals surface area contributed by atoms with Crippen LogP contribution in [0.1, 0.15) is 6.92 Å². The molecule has 0 aliphatic carbocycles. The Bertz CT molecular complexity index is 268. The largest absolute Gasteiger partial charge is 0.480 e. The third-order valence-electron chi connectivity index (χ3n) is 1.20. The Balaban J connectivity index is 4.34. The number of allylic oxidation sites excluding steroid dienone is 1. The Morgan fingerprint density at radius 3 is 2.38 bits per heavy atom. The molecule has 5 N–H and O–H groups in total. The fourth-order valence-corrected chi connectivity index (χ4v) is 1.51. The van der Waals surface area contributed by atoms with Crippen LogP contribution >= 0.6 is 7.60 Å². The van der Waals surface area contributed by atoms with Crippen molar-refractivity contribution in [2.75, 3.05) is 6.16 Å². The molecule has 0 unspecified atom stereocenters. The van der Waals surface area contributed by atoms with E-state index in [1.165, 1.54) is 6.92 Å². The minimum atomic E-state index is -4.13. The Morgan fingerprint density at radius 1 is 1.62 bits per heavy atom. The summed E-state index contributed by atoms with van der Waals surface area (Å²) in [6, 6.07) is -1.22. The summed E-state index contributed by atoms with van der Waals surface area (Å²) >= 11 is 0. The molecule has 0 spiro atoms. The zero-order chi connectivity index (χ0) is 10.6. The summed E-state index contributed by atoms with van der Waals surface area (Å²) in [4.78, 5) is 27.3. The summed E-state index contributed by atoms with van der Waals surface area (Å²) in [5.41, 5.74) is 5.37. The zero-order valence-corrected chi connectivity index (χ0v) is 7.94. The topological polar surface area (TPSA) is 121 Å². The van der Waals surface area contributed by atoms with E-state index in [1.54, 1.807) is 0 Å². The van der Waals surface area contributed by atoms with E-state index < -0.39 is 25.8 Å². The van der Waals surface area contributed by atoms with Gasteiger partial charge >= 0.3 is 13.6 Å². The lowest BCUT2D eigenvalue weighted by Gasteiger charge is -2.05. The van der Waals surface area contributed by atoms with Gasteiger partial charge in [0.05, 0.1) is 6.16 Å². The van der Waals surface area contributed by atoms with Crippen molar-refractivity contribution in [3.05, 3.63) is 11.6 Å². The Morgan fingerprint density at radius 2 is 2.08 bits per heavy atom. The van der Waals surface area contributed by atoms with Crippen LogP contribution in [-0.4, -0.2) is 33.1 Å². The number of hydrogen-bond donors (Lipinski definition) is 4. The molecule has 0 heterocycles. The van der Waals surface area contributed by atoms with E-state index in [9.17, 15) is 9.36 Å². The lowest BCUT2D eigenvalue weighted by molar-refractivity contribution is -0.137. The van der Waals surface area contributed by atoms with Crippen LogP contribution in [0.25, 0.3) is 0 Å². The van der Waals surface area contributed by atoms with Gasteiger partial charge in [-0.2, -0.15) is 0 Å². The zero-order valence-electron chi connectivity index (χ0n) is 7.04. The quantitative estimate of drug-likeness (QED) is 0.366. The van der Waals surface area contributed by atoms with Crippen molar-refractivity contribution < 1.29 is 24.3 Å². The molecule has 0 aliphatic heterocycles. The Kier molecular flexibility index (Phi) is 4.29. The predicted molar refractivity (Wildman–Crippen MR) is 46.3 cm³/mol. The molecule has 0 saturated carbocycles. The molecule has 0 aromatic heterocycles. The highest BCUT2D eigenvalue weighted by atomic mass is 31.2. The highest BCUT2D eigenvalue weighted by Gasteiger charge is 2.15. The number of aliphatic carboxylic acids is 1. The molecule has 6 nitrogen and oxygen atoms in total. The number of carboxylic acids is 1. The van der Waals surface area contributed by atoms with E-state index in [2.05, 4.69) is 0 Å². The summed E-state index contributed by atoms with van der Waals surface area (Å²) in [7, 11) is -4.13. The van der Waals surface area contributed by atoms with Crippen LogP contribution in [0.3, 0.4) is 0 Å². The van der Waals surface area contributed by atoms with Gasteiger partial charge in [-0.25, -0.2) is 0 Å². The molecule has 0 radical (unpaired) electrons. The van der Waals surface area contributed by atoms with E-state index >= 15 is 0 Å². The maximum atomic E-state index is 10.5. The first kappa shape index (κ1) is 12.3. The third kappa shape index (κ3) is 6.48. The number of nitrogens with two attached hydrogens (primary N) is 1. The monoisotopic (exact) mass is 209 g/mol. The van der Waals surface area contributed by atoms with E-state index in [1.807, 2.05) is 0 Å². The summed E-state index contributed by atoms with van der Waals surface area (Å²) in [5, 5.41) is 8.37. The predicted octanol–water partition coefficient (Wildman–Crippen LogP) is -0.478. The van der Waals surface area contributed by atoms with Crippen LogP contribution in [0.2, 0.25) is 0 Å². The van der Waals surface area contributed by atoms with Crippen LogP contribution in [0.4, 0.5) is 0 Å². The highest BCUT2D eigenvalue weighted by Crippen LogP contribution is 2.36. The van der Waals surface area contributed by atoms with Crippen molar-refractivity contribution in [3.8, 4) is 0 Å². The van der Waals surface area contributed by atoms with Crippen LogP contribution in [0.5, 0.6) is 0 Å². The lowest BCUT2D eigenvalue weighted by atomic mass is 10.2. The van der Waals surface area contributed by atoms with E-state index in [-0.39, 0.29) is 5.57 Å². The summed E-state index contributed by atoms with van der Waals surface area (Å²) in [5.74, 6) is -1.23. The maximum Gasteiger partial charge on any atom is 0.329 e. The standard InChI is InChI=1S/C6H12NO5P/c1-4(3-13(10,11)12)2-5(7)6(8)9/h2,5H,3,7H2,1H3,(H,8,9)(H2,10,11,12)/b4-2+/t5-/m0/s1. The summed E-state index contributed by atoms with van der Waals surface area (Å²) < 4.78 is 10.5. The van der Waals surface area contributed by atoms with Crippen molar-refractivity contribution in [2.45, 2.75) is 13.0 Å². The van der Waals surface area contributed by atoms with Crippen molar-refractivity contribution >= 4 is 13.6 Å². The normalized spacial score (nSPS) is 15.5. The van der Waals surface area contributed by atoms with Crippen LogP contribution in [0, 0.1) is 0 Å². The van der Waals surface area contributed by atoms with Crippen LogP contribution < -0.4 is 5.73 Å². The second-order valence-electron chi connectivity index (χ2n) is 2.70. The molecule has 0 saturated heterocycles. The minimum absolute atomic E-state index is 0.267. The molecule has 0 aromatic rings. The van der Waals surface area contributed by atoms with Gasteiger partial charge in [0.2, 0.25) is 0 Å². The second-order valence-corrected chi connectivity index (χ2v) is 4.35. The number of rotatable bonds is 4. The average Bonchev–Trinajstić information content (AvgIpc) is 1.81. The molecule has 0 rings (SSSR count). The smallest absolute Gasteiger partial charge is 0.329 e. The minimum Gasteiger partial charge on any atom is -0.480 e. The average molecular weight is 209 g/mol. The molecule has 76 valence electrons. The van der Waals surface area contributed by atoms with E-state index in [0.717, 1.165) is 6.08 Å². The first-order valence-electron chi connectivity index (χ1n) is 3.42. The van der Waals surface area contributed by atoms with Gasteiger partial charge in [0.15, 0.2) is 0 Å². The molecule has 7 heteroatoms. The van der Waals surface area contributed by atoms with Gasteiger partial charge in [-0.1, -0.05) is 11.6 Å². The summed E-state index contributed by atoms with van der Waals surface area (Å²) in [6.45, 7) is 1.42. The Hall–Kier alpha value is -0.680. The molecule has 0 aromatic carbocycles. The molecular formula is C6H12NO5P. The molecule has 0 fully saturated rings. The molecule has 0 aliphatic rings. The van der Waals surface area contributed by atoms with Gasteiger partial charge in [0.1, 0.15) is 6.04 Å². The van der Waals surface area contributed by atoms with Crippen LogP contribution in [0.15, 0.2) is 11.6 Å². The SMILES string of the molecule is C/C(=C\[C@H](N)C(=O)O)CP(=O)(O)O.